The normalized spacial score (nSPS) is 29.3. The van der Waals surface area contributed by atoms with Crippen molar-refractivity contribution in [2.45, 2.75) is 56.9 Å². The zero-order valence-corrected chi connectivity index (χ0v) is 14.4. The van der Waals surface area contributed by atoms with Crippen molar-refractivity contribution >= 4 is 15.9 Å². The molecule has 0 aromatic rings. The average Bonchev–Trinajstić information content (AvgIpc) is 3.32. The molecule has 22 heavy (non-hydrogen) atoms. The fourth-order valence-corrected chi connectivity index (χ4v) is 5.40. The van der Waals surface area contributed by atoms with E-state index in [1.54, 1.807) is 4.31 Å². The molecule has 3 fully saturated rings. The van der Waals surface area contributed by atoms with Gasteiger partial charge in [0, 0.05) is 38.8 Å². The Balaban J connectivity index is 1.60. The number of hydrogen-bond donors (Lipinski definition) is 0. The Labute approximate surface area is 133 Å². The van der Waals surface area contributed by atoms with Gasteiger partial charge in [-0.1, -0.05) is 0 Å². The van der Waals surface area contributed by atoms with E-state index in [2.05, 4.69) is 18.7 Å². The molecule has 2 heterocycles. The van der Waals surface area contributed by atoms with Crippen LogP contribution < -0.4 is 0 Å². The molecule has 0 aromatic heterocycles. The lowest BCUT2D eigenvalue weighted by molar-refractivity contribution is -0.142. The molecule has 0 radical (unpaired) electrons. The van der Waals surface area contributed by atoms with E-state index in [1.165, 1.54) is 0 Å². The number of piperazine rings is 1. The molecule has 0 bridgehead atoms. The maximum atomic E-state index is 12.6. The molecule has 0 aromatic carbocycles. The highest BCUT2D eigenvalue weighted by atomic mass is 32.2. The summed E-state index contributed by atoms with van der Waals surface area (Å²) in [5, 5.41) is -0.133. The van der Waals surface area contributed by atoms with Gasteiger partial charge in [-0.2, -0.15) is 4.31 Å². The van der Waals surface area contributed by atoms with Gasteiger partial charge in [-0.3, -0.25) is 9.69 Å². The molecule has 1 saturated carbocycles. The lowest BCUT2D eigenvalue weighted by atomic mass is 10.0. The number of rotatable bonds is 4. The number of likely N-dealkylation sites (tertiary alicyclic amines) is 1. The number of hydrogen-bond acceptors (Lipinski definition) is 4. The molecule has 2 aliphatic heterocycles. The van der Waals surface area contributed by atoms with Crippen molar-refractivity contribution in [3.05, 3.63) is 0 Å². The SMILES string of the molecule is CC(C)N1CCC[C@H](N2CCN(S(=O)(=O)C3CC3)CC2)C1=O. The fourth-order valence-electron chi connectivity index (χ4n) is 3.58. The molecular weight excluding hydrogens is 302 g/mol. The Kier molecular flexibility index (Phi) is 4.49. The largest absolute Gasteiger partial charge is 0.339 e. The van der Waals surface area contributed by atoms with Crippen LogP contribution in [0.5, 0.6) is 0 Å². The molecule has 126 valence electrons. The van der Waals surface area contributed by atoms with Gasteiger partial charge in [0.15, 0.2) is 0 Å². The third kappa shape index (κ3) is 3.03. The van der Waals surface area contributed by atoms with Crippen LogP contribution in [0, 0.1) is 0 Å². The van der Waals surface area contributed by atoms with Crippen molar-refractivity contribution in [1.82, 2.24) is 14.1 Å². The predicted molar refractivity (Wildman–Crippen MR) is 85.0 cm³/mol. The minimum Gasteiger partial charge on any atom is -0.339 e. The molecule has 3 aliphatic rings. The summed E-state index contributed by atoms with van der Waals surface area (Å²) in [6, 6.07) is 0.189. The van der Waals surface area contributed by atoms with E-state index >= 15 is 0 Å². The highest BCUT2D eigenvalue weighted by molar-refractivity contribution is 7.90. The second-order valence-corrected chi connectivity index (χ2v) is 9.18. The molecule has 6 nitrogen and oxygen atoms in total. The number of carbonyl (C=O) groups is 1. The molecular formula is C15H27N3O3S. The fraction of sp³-hybridized carbons (Fsp3) is 0.933. The smallest absolute Gasteiger partial charge is 0.240 e. The first-order valence-corrected chi connectivity index (χ1v) is 9.95. The van der Waals surface area contributed by atoms with Crippen LogP contribution in [0.3, 0.4) is 0 Å². The van der Waals surface area contributed by atoms with Gasteiger partial charge in [0.05, 0.1) is 11.3 Å². The lowest BCUT2D eigenvalue weighted by Gasteiger charge is -2.43. The predicted octanol–water partition coefficient (Wildman–Crippen LogP) is 0.496. The van der Waals surface area contributed by atoms with Gasteiger partial charge in [-0.25, -0.2) is 8.42 Å². The number of sulfonamides is 1. The summed E-state index contributed by atoms with van der Waals surface area (Å²) in [7, 11) is -3.07. The van der Waals surface area contributed by atoms with Crippen LogP contribution in [0.1, 0.15) is 39.5 Å². The van der Waals surface area contributed by atoms with E-state index in [0.717, 1.165) is 32.2 Å². The van der Waals surface area contributed by atoms with Crippen molar-refractivity contribution < 1.29 is 13.2 Å². The quantitative estimate of drug-likeness (QED) is 0.753. The van der Waals surface area contributed by atoms with Crippen molar-refractivity contribution in [3.8, 4) is 0 Å². The van der Waals surface area contributed by atoms with Gasteiger partial charge in [-0.15, -0.1) is 0 Å². The van der Waals surface area contributed by atoms with E-state index in [9.17, 15) is 13.2 Å². The van der Waals surface area contributed by atoms with Crippen LogP contribution in [-0.2, 0) is 14.8 Å². The van der Waals surface area contributed by atoms with E-state index in [4.69, 9.17) is 0 Å². The monoisotopic (exact) mass is 329 g/mol. The third-order valence-corrected chi connectivity index (χ3v) is 7.49. The molecule has 3 rings (SSSR count). The second-order valence-electron chi connectivity index (χ2n) is 6.96. The van der Waals surface area contributed by atoms with Crippen LogP contribution in [0.25, 0.3) is 0 Å². The summed E-state index contributed by atoms with van der Waals surface area (Å²) < 4.78 is 26.2. The van der Waals surface area contributed by atoms with Gasteiger partial charge in [0.25, 0.3) is 0 Å². The van der Waals surface area contributed by atoms with Crippen LogP contribution in [0.4, 0.5) is 0 Å². The van der Waals surface area contributed by atoms with Crippen molar-refractivity contribution in [2.24, 2.45) is 0 Å². The van der Waals surface area contributed by atoms with Crippen LogP contribution in [-0.4, -0.2) is 78.5 Å². The van der Waals surface area contributed by atoms with Gasteiger partial charge >= 0.3 is 0 Å². The maximum Gasteiger partial charge on any atom is 0.240 e. The number of piperidine rings is 1. The van der Waals surface area contributed by atoms with Gasteiger partial charge < -0.3 is 4.90 Å². The summed E-state index contributed by atoms with van der Waals surface area (Å²) in [6.07, 6.45) is 3.56. The molecule has 7 heteroatoms. The number of carbonyl (C=O) groups excluding carboxylic acids is 1. The molecule has 1 amide bonds. The van der Waals surface area contributed by atoms with Gasteiger partial charge in [0.2, 0.25) is 15.9 Å². The van der Waals surface area contributed by atoms with Crippen LogP contribution >= 0.6 is 0 Å². The van der Waals surface area contributed by atoms with Crippen LogP contribution in [0.15, 0.2) is 0 Å². The Morgan fingerprint density at radius 2 is 1.64 bits per heavy atom. The second kappa shape index (κ2) is 6.09. The highest BCUT2D eigenvalue weighted by Crippen LogP contribution is 2.31. The molecule has 0 unspecified atom stereocenters. The first kappa shape index (κ1) is 16.2. The molecule has 2 saturated heterocycles. The summed E-state index contributed by atoms with van der Waals surface area (Å²) >= 11 is 0. The Morgan fingerprint density at radius 3 is 2.18 bits per heavy atom. The number of nitrogens with zero attached hydrogens (tertiary/aromatic N) is 3. The maximum absolute atomic E-state index is 12.6. The Hall–Kier alpha value is -0.660. The van der Waals surface area contributed by atoms with Crippen LogP contribution in [0.2, 0.25) is 0 Å². The zero-order valence-electron chi connectivity index (χ0n) is 13.6. The molecule has 0 spiro atoms. The van der Waals surface area contributed by atoms with E-state index < -0.39 is 10.0 Å². The zero-order chi connectivity index (χ0) is 15.9. The number of amides is 1. The minimum absolute atomic E-state index is 0.0538. The molecule has 1 aliphatic carbocycles. The summed E-state index contributed by atoms with van der Waals surface area (Å²) in [6.45, 7) is 7.38. The summed E-state index contributed by atoms with van der Waals surface area (Å²) in [5.41, 5.74) is 0. The first-order chi connectivity index (χ1) is 10.4. The Morgan fingerprint density at radius 1 is 1.00 bits per heavy atom. The third-order valence-electron chi connectivity index (χ3n) is 5.09. The highest BCUT2D eigenvalue weighted by Gasteiger charge is 2.42. The standard InChI is InChI=1S/C15H27N3O3S/c1-12(2)18-7-3-4-14(15(18)19)16-8-10-17(11-9-16)22(20,21)13-5-6-13/h12-14H,3-11H2,1-2H3/t14-/m0/s1. The average molecular weight is 329 g/mol. The van der Waals surface area contributed by atoms with Crippen molar-refractivity contribution in [2.75, 3.05) is 32.7 Å². The van der Waals surface area contributed by atoms with E-state index in [0.29, 0.717) is 26.2 Å². The van der Waals surface area contributed by atoms with E-state index in [-0.39, 0.29) is 23.2 Å². The molecule has 1 atom stereocenters. The topological polar surface area (TPSA) is 60.9 Å². The summed E-state index contributed by atoms with van der Waals surface area (Å²) in [5.74, 6) is 0.222. The summed E-state index contributed by atoms with van der Waals surface area (Å²) in [4.78, 5) is 16.8. The van der Waals surface area contributed by atoms with E-state index in [1.807, 2.05) is 4.90 Å². The minimum atomic E-state index is -3.07. The lowest BCUT2D eigenvalue weighted by Crippen LogP contribution is -2.59. The molecule has 0 N–H and O–H groups in total. The Bertz CT molecular complexity index is 522. The van der Waals surface area contributed by atoms with Gasteiger partial charge in [0.1, 0.15) is 0 Å². The van der Waals surface area contributed by atoms with Gasteiger partial charge in [-0.05, 0) is 39.5 Å². The first-order valence-electron chi connectivity index (χ1n) is 8.44. The van der Waals surface area contributed by atoms with Crippen molar-refractivity contribution in [1.29, 1.82) is 0 Å². The van der Waals surface area contributed by atoms with Crippen molar-refractivity contribution in [3.63, 3.8) is 0 Å².